The number of methoxy groups -OCH3 is 1. The first-order valence-corrected chi connectivity index (χ1v) is 6.95. The van der Waals surface area contributed by atoms with E-state index in [9.17, 15) is 8.78 Å². The molecular formula is C17H19F2NO. The van der Waals surface area contributed by atoms with Gasteiger partial charge in [-0.3, -0.25) is 0 Å². The van der Waals surface area contributed by atoms with Crippen LogP contribution in [-0.4, -0.2) is 13.7 Å². The summed E-state index contributed by atoms with van der Waals surface area (Å²) in [5, 5.41) is 3.21. The Labute approximate surface area is 123 Å². The normalized spacial score (nSPS) is 12.2. The van der Waals surface area contributed by atoms with Crippen LogP contribution in [0.4, 0.5) is 8.78 Å². The Balaban J connectivity index is 2.28. The van der Waals surface area contributed by atoms with Crippen molar-refractivity contribution in [3.05, 3.63) is 65.2 Å². The van der Waals surface area contributed by atoms with E-state index in [0.29, 0.717) is 18.5 Å². The van der Waals surface area contributed by atoms with Crippen molar-refractivity contribution in [2.24, 2.45) is 0 Å². The summed E-state index contributed by atoms with van der Waals surface area (Å²) in [5.41, 5.74) is 1.35. The van der Waals surface area contributed by atoms with Gasteiger partial charge in [0.1, 0.15) is 17.4 Å². The van der Waals surface area contributed by atoms with Crippen molar-refractivity contribution < 1.29 is 13.5 Å². The molecule has 0 saturated heterocycles. The van der Waals surface area contributed by atoms with Gasteiger partial charge in [0.2, 0.25) is 0 Å². The summed E-state index contributed by atoms with van der Waals surface area (Å²) in [4.78, 5) is 0. The van der Waals surface area contributed by atoms with Crippen LogP contribution in [0.3, 0.4) is 0 Å². The number of benzene rings is 2. The Morgan fingerprint density at radius 3 is 2.67 bits per heavy atom. The van der Waals surface area contributed by atoms with Gasteiger partial charge in [0.15, 0.2) is 0 Å². The third-order valence-corrected chi connectivity index (χ3v) is 3.36. The Hall–Kier alpha value is -1.94. The van der Waals surface area contributed by atoms with Crippen molar-refractivity contribution in [1.82, 2.24) is 5.32 Å². The van der Waals surface area contributed by atoms with Gasteiger partial charge in [0.25, 0.3) is 0 Å². The summed E-state index contributed by atoms with van der Waals surface area (Å²) in [5.74, 6) is -0.0762. The van der Waals surface area contributed by atoms with E-state index in [2.05, 4.69) is 5.32 Å². The fraction of sp³-hybridized carbons (Fsp3) is 0.294. The van der Waals surface area contributed by atoms with Crippen molar-refractivity contribution in [3.8, 4) is 5.75 Å². The highest BCUT2D eigenvalue weighted by Crippen LogP contribution is 2.24. The topological polar surface area (TPSA) is 21.3 Å². The van der Waals surface area contributed by atoms with E-state index < -0.39 is 11.6 Å². The molecule has 0 aromatic heterocycles. The van der Waals surface area contributed by atoms with Crippen LogP contribution in [-0.2, 0) is 6.42 Å². The molecular weight excluding hydrogens is 272 g/mol. The van der Waals surface area contributed by atoms with Crippen LogP contribution in [0.2, 0.25) is 0 Å². The second-order valence-corrected chi connectivity index (χ2v) is 4.83. The first-order chi connectivity index (χ1) is 10.1. The van der Waals surface area contributed by atoms with Gasteiger partial charge in [-0.15, -0.1) is 0 Å². The molecule has 1 unspecified atom stereocenters. The molecule has 0 radical (unpaired) electrons. The summed E-state index contributed by atoms with van der Waals surface area (Å²) < 4.78 is 32.5. The highest BCUT2D eigenvalue weighted by molar-refractivity contribution is 5.31. The fourth-order valence-corrected chi connectivity index (χ4v) is 2.36. The van der Waals surface area contributed by atoms with Crippen molar-refractivity contribution >= 4 is 0 Å². The van der Waals surface area contributed by atoms with Gasteiger partial charge in [0, 0.05) is 11.6 Å². The molecule has 21 heavy (non-hydrogen) atoms. The number of rotatable bonds is 6. The molecule has 2 rings (SSSR count). The molecule has 0 fully saturated rings. The summed E-state index contributed by atoms with van der Waals surface area (Å²) in [6.45, 7) is 2.61. The van der Waals surface area contributed by atoms with Crippen LogP contribution >= 0.6 is 0 Å². The average molecular weight is 291 g/mol. The Morgan fingerprint density at radius 1 is 1.14 bits per heavy atom. The second-order valence-electron chi connectivity index (χ2n) is 4.83. The molecule has 2 aromatic rings. The van der Waals surface area contributed by atoms with Crippen molar-refractivity contribution in [3.63, 3.8) is 0 Å². The van der Waals surface area contributed by atoms with Crippen molar-refractivity contribution in [1.29, 1.82) is 0 Å². The summed E-state index contributed by atoms with van der Waals surface area (Å²) >= 11 is 0. The molecule has 0 heterocycles. The number of likely N-dealkylation sites (N-methyl/N-ethyl adjacent to an activating group) is 1. The summed E-state index contributed by atoms with van der Waals surface area (Å²) in [6, 6.07) is 10.9. The molecule has 0 aliphatic rings. The standard InChI is InChI=1S/C17H19F2NO/c1-3-20-17(15-11-13(18)7-8-16(15)19)10-12-5-4-6-14(9-12)21-2/h4-9,11,17,20H,3,10H2,1-2H3. The van der Waals surface area contributed by atoms with E-state index in [1.165, 1.54) is 12.1 Å². The summed E-state index contributed by atoms with van der Waals surface area (Å²) in [7, 11) is 1.60. The van der Waals surface area contributed by atoms with E-state index in [1.807, 2.05) is 31.2 Å². The van der Waals surface area contributed by atoms with Crippen LogP contribution in [0.5, 0.6) is 5.75 Å². The number of ether oxygens (including phenoxy) is 1. The molecule has 2 nitrogen and oxygen atoms in total. The number of nitrogens with one attached hydrogen (secondary N) is 1. The predicted octanol–water partition coefficient (Wildman–Crippen LogP) is 3.87. The molecule has 0 bridgehead atoms. The molecule has 0 spiro atoms. The minimum atomic E-state index is -0.431. The second kappa shape index (κ2) is 7.18. The monoisotopic (exact) mass is 291 g/mol. The maximum absolute atomic E-state index is 14.0. The first kappa shape index (κ1) is 15.4. The zero-order valence-electron chi connectivity index (χ0n) is 12.2. The summed E-state index contributed by atoms with van der Waals surface area (Å²) in [6.07, 6.45) is 0.561. The van der Waals surface area contributed by atoms with Gasteiger partial charge in [-0.05, 0) is 48.9 Å². The minimum absolute atomic E-state index is 0.280. The van der Waals surface area contributed by atoms with Crippen LogP contribution in [0.15, 0.2) is 42.5 Å². The lowest BCUT2D eigenvalue weighted by molar-refractivity contribution is 0.413. The lowest BCUT2D eigenvalue weighted by Crippen LogP contribution is -2.24. The van der Waals surface area contributed by atoms with Gasteiger partial charge in [-0.25, -0.2) is 8.78 Å². The molecule has 4 heteroatoms. The molecule has 0 aliphatic heterocycles. The molecule has 1 N–H and O–H groups in total. The lowest BCUT2D eigenvalue weighted by Gasteiger charge is -2.19. The number of halogens is 2. The largest absolute Gasteiger partial charge is 0.497 e. The van der Waals surface area contributed by atoms with Crippen LogP contribution < -0.4 is 10.1 Å². The zero-order valence-corrected chi connectivity index (χ0v) is 12.2. The molecule has 0 saturated carbocycles. The van der Waals surface area contributed by atoms with E-state index >= 15 is 0 Å². The molecule has 112 valence electrons. The van der Waals surface area contributed by atoms with Crippen LogP contribution in [0, 0.1) is 11.6 Å². The molecule has 0 amide bonds. The maximum atomic E-state index is 14.0. The van der Waals surface area contributed by atoms with Gasteiger partial charge >= 0.3 is 0 Å². The lowest BCUT2D eigenvalue weighted by atomic mass is 9.98. The predicted molar refractivity (Wildman–Crippen MR) is 79.5 cm³/mol. The Morgan fingerprint density at radius 2 is 1.95 bits per heavy atom. The third-order valence-electron chi connectivity index (χ3n) is 3.36. The van der Waals surface area contributed by atoms with Gasteiger partial charge in [0.05, 0.1) is 7.11 Å². The number of hydrogen-bond acceptors (Lipinski definition) is 2. The molecule has 0 aliphatic carbocycles. The molecule has 2 aromatic carbocycles. The van der Waals surface area contributed by atoms with E-state index in [0.717, 1.165) is 17.4 Å². The third kappa shape index (κ3) is 4.02. The van der Waals surface area contributed by atoms with Crippen LogP contribution in [0.25, 0.3) is 0 Å². The maximum Gasteiger partial charge on any atom is 0.128 e. The SMILES string of the molecule is CCNC(Cc1cccc(OC)c1)c1cc(F)ccc1F. The highest BCUT2D eigenvalue weighted by atomic mass is 19.1. The van der Waals surface area contributed by atoms with Gasteiger partial charge < -0.3 is 10.1 Å². The smallest absolute Gasteiger partial charge is 0.128 e. The van der Waals surface area contributed by atoms with Gasteiger partial charge in [-0.2, -0.15) is 0 Å². The van der Waals surface area contributed by atoms with Crippen molar-refractivity contribution in [2.75, 3.05) is 13.7 Å². The zero-order chi connectivity index (χ0) is 15.2. The Kier molecular flexibility index (Phi) is 5.28. The molecule has 1 atom stereocenters. The van der Waals surface area contributed by atoms with E-state index in [4.69, 9.17) is 4.74 Å². The highest BCUT2D eigenvalue weighted by Gasteiger charge is 2.16. The fourth-order valence-electron chi connectivity index (χ4n) is 2.36. The Bertz CT molecular complexity index is 601. The van der Waals surface area contributed by atoms with E-state index in [-0.39, 0.29) is 6.04 Å². The quantitative estimate of drug-likeness (QED) is 0.872. The minimum Gasteiger partial charge on any atom is -0.497 e. The average Bonchev–Trinajstić information content (AvgIpc) is 2.49. The van der Waals surface area contributed by atoms with E-state index in [1.54, 1.807) is 7.11 Å². The van der Waals surface area contributed by atoms with Crippen LogP contribution in [0.1, 0.15) is 24.1 Å². The number of hydrogen-bond donors (Lipinski definition) is 1. The van der Waals surface area contributed by atoms with Crippen molar-refractivity contribution in [2.45, 2.75) is 19.4 Å². The van der Waals surface area contributed by atoms with Gasteiger partial charge in [-0.1, -0.05) is 19.1 Å². The first-order valence-electron chi connectivity index (χ1n) is 6.95.